The highest BCUT2D eigenvalue weighted by Crippen LogP contribution is 2.30. The molecule has 0 amide bonds. The fourth-order valence-electron chi connectivity index (χ4n) is 2.41. The quantitative estimate of drug-likeness (QED) is 0.669. The van der Waals surface area contributed by atoms with E-state index in [-0.39, 0.29) is 11.7 Å². The third kappa shape index (κ3) is 3.97. The normalized spacial score (nSPS) is 12.9. The predicted molar refractivity (Wildman–Crippen MR) is 79.9 cm³/mol. The zero-order valence-electron chi connectivity index (χ0n) is 12.2. The first-order valence-electron chi connectivity index (χ1n) is 7.17. The Bertz CT molecular complexity index is 615. The molecule has 22 heavy (non-hydrogen) atoms. The highest BCUT2D eigenvalue weighted by molar-refractivity contribution is 5.96. The minimum absolute atomic E-state index is 0.0796. The Morgan fingerprint density at radius 2 is 1.59 bits per heavy atom. The lowest BCUT2D eigenvalue weighted by molar-refractivity contribution is -0.137. The maximum absolute atomic E-state index is 12.5. The molecule has 0 aliphatic carbocycles. The van der Waals surface area contributed by atoms with Gasteiger partial charge in [0.05, 0.1) is 5.56 Å². The second-order valence-electron chi connectivity index (χ2n) is 5.22. The van der Waals surface area contributed by atoms with Crippen molar-refractivity contribution in [3.05, 3.63) is 71.3 Å². The summed E-state index contributed by atoms with van der Waals surface area (Å²) in [5.41, 5.74) is 0.659. The van der Waals surface area contributed by atoms with Gasteiger partial charge < -0.3 is 0 Å². The van der Waals surface area contributed by atoms with Crippen molar-refractivity contribution in [2.75, 3.05) is 0 Å². The summed E-state index contributed by atoms with van der Waals surface area (Å²) < 4.78 is 37.6. The molecule has 2 aromatic carbocycles. The number of rotatable bonds is 5. The van der Waals surface area contributed by atoms with Gasteiger partial charge in [-0.15, -0.1) is 0 Å². The van der Waals surface area contributed by atoms with Crippen LogP contribution in [-0.4, -0.2) is 5.78 Å². The molecular formula is C18H17F3O. The summed E-state index contributed by atoms with van der Waals surface area (Å²) in [7, 11) is 0. The summed E-state index contributed by atoms with van der Waals surface area (Å²) in [6.07, 6.45) is -3.28. The zero-order chi connectivity index (χ0) is 16.2. The molecule has 1 atom stereocenters. The number of hydrogen-bond acceptors (Lipinski definition) is 1. The molecular weight excluding hydrogens is 289 g/mol. The van der Waals surface area contributed by atoms with Gasteiger partial charge in [0.2, 0.25) is 0 Å². The lowest BCUT2D eigenvalue weighted by Crippen LogP contribution is -2.09. The van der Waals surface area contributed by atoms with Gasteiger partial charge in [-0.05, 0) is 30.0 Å². The number of Topliss-reactive ketones (excluding diaryl/α,β-unsaturated/α-hetero) is 1. The van der Waals surface area contributed by atoms with Crippen LogP contribution in [0.1, 0.15) is 47.2 Å². The highest BCUT2D eigenvalue weighted by Gasteiger charge is 2.30. The summed E-state index contributed by atoms with van der Waals surface area (Å²) in [5, 5.41) is 0. The second-order valence-corrected chi connectivity index (χ2v) is 5.22. The van der Waals surface area contributed by atoms with E-state index in [0.29, 0.717) is 12.0 Å². The van der Waals surface area contributed by atoms with Crippen molar-refractivity contribution < 1.29 is 18.0 Å². The van der Waals surface area contributed by atoms with E-state index in [1.54, 1.807) is 0 Å². The average Bonchev–Trinajstić information content (AvgIpc) is 2.52. The van der Waals surface area contributed by atoms with Gasteiger partial charge in [-0.1, -0.05) is 49.4 Å². The number of halogens is 3. The first kappa shape index (κ1) is 16.3. The summed E-state index contributed by atoms with van der Waals surface area (Å²) in [4.78, 5) is 12.3. The number of carbonyl (C=O) groups is 1. The van der Waals surface area contributed by atoms with Crippen molar-refractivity contribution in [2.24, 2.45) is 0 Å². The minimum atomic E-state index is -4.38. The summed E-state index contributed by atoms with van der Waals surface area (Å²) in [5.74, 6) is -0.0552. The summed E-state index contributed by atoms with van der Waals surface area (Å²) in [6, 6.07) is 14.1. The maximum atomic E-state index is 12.5. The summed E-state index contributed by atoms with van der Waals surface area (Å²) >= 11 is 0. The molecule has 0 aliphatic heterocycles. The molecule has 0 saturated heterocycles. The highest BCUT2D eigenvalue weighted by atomic mass is 19.4. The molecule has 0 radical (unpaired) electrons. The number of carbonyl (C=O) groups excluding carboxylic acids is 1. The number of alkyl halides is 3. The molecule has 0 heterocycles. The van der Waals surface area contributed by atoms with E-state index in [1.807, 2.05) is 37.3 Å². The van der Waals surface area contributed by atoms with Crippen molar-refractivity contribution in [3.8, 4) is 0 Å². The molecule has 2 rings (SSSR count). The van der Waals surface area contributed by atoms with Crippen LogP contribution >= 0.6 is 0 Å². The lowest BCUT2D eigenvalue weighted by atomic mass is 9.89. The standard InChI is InChI=1S/C18H17F3O/c1-2-13(14-6-4-3-5-7-14)12-17(22)15-8-10-16(11-9-15)18(19,20)21/h3-11,13H,2,12H2,1H3. The smallest absolute Gasteiger partial charge is 0.294 e. The zero-order valence-corrected chi connectivity index (χ0v) is 12.2. The fourth-order valence-corrected chi connectivity index (χ4v) is 2.41. The Balaban J connectivity index is 2.11. The summed E-state index contributed by atoms with van der Waals surface area (Å²) in [6.45, 7) is 2.00. The van der Waals surface area contributed by atoms with E-state index in [9.17, 15) is 18.0 Å². The molecule has 1 unspecified atom stereocenters. The average molecular weight is 306 g/mol. The number of hydrogen-bond donors (Lipinski definition) is 0. The molecule has 0 fully saturated rings. The molecule has 4 heteroatoms. The van der Waals surface area contributed by atoms with Gasteiger partial charge in [0.25, 0.3) is 0 Å². The largest absolute Gasteiger partial charge is 0.416 e. The molecule has 0 N–H and O–H groups in total. The van der Waals surface area contributed by atoms with E-state index in [4.69, 9.17) is 0 Å². The van der Waals surface area contributed by atoms with Crippen LogP contribution in [-0.2, 0) is 6.18 Å². The maximum Gasteiger partial charge on any atom is 0.416 e. The van der Waals surface area contributed by atoms with Crippen LogP contribution in [0.15, 0.2) is 54.6 Å². The van der Waals surface area contributed by atoms with E-state index in [1.165, 1.54) is 12.1 Å². The number of ketones is 1. The number of benzene rings is 2. The van der Waals surface area contributed by atoms with Crippen molar-refractivity contribution in [2.45, 2.75) is 31.9 Å². The first-order chi connectivity index (χ1) is 10.4. The predicted octanol–water partition coefficient (Wildman–Crippen LogP) is 5.47. The van der Waals surface area contributed by atoms with Crippen LogP contribution in [0.25, 0.3) is 0 Å². The third-order valence-corrected chi connectivity index (χ3v) is 3.73. The third-order valence-electron chi connectivity index (χ3n) is 3.73. The molecule has 0 saturated carbocycles. The van der Waals surface area contributed by atoms with Gasteiger partial charge in [-0.3, -0.25) is 4.79 Å². The van der Waals surface area contributed by atoms with Crippen LogP contribution in [0.5, 0.6) is 0 Å². The SMILES string of the molecule is CCC(CC(=O)c1ccc(C(F)(F)F)cc1)c1ccccc1. The lowest BCUT2D eigenvalue weighted by Gasteiger charge is -2.15. The fraction of sp³-hybridized carbons (Fsp3) is 0.278. The van der Waals surface area contributed by atoms with Crippen LogP contribution in [0.3, 0.4) is 0 Å². The van der Waals surface area contributed by atoms with Crippen molar-refractivity contribution in [1.29, 1.82) is 0 Å². The van der Waals surface area contributed by atoms with Gasteiger partial charge in [0.15, 0.2) is 5.78 Å². The molecule has 1 nitrogen and oxygen atoms in total. The van der Waals surface area contributed by atoms with E-state index < -0.39 is 11.7 Å². The van der Waals surface area contributed by atoms with Crippen molar-refractivity contribution in [1.82, 2.24) is 0 Å². The van der Waals surface area contributed by atoms with Gasteiger partial charge in [0.1, 0.15) is 0 Å². The molecule has 2 aromatic rings. The molecule has 0 spiro atoms. The van der Waals surface area contributed by atoms with Crippen LogP contribution in [0.4, 0.5) is 13.2 Å². The molecule has 116 valence electrons. The Morgan fingerprint density at radius 3 is 2.09 bits per heavy atom. The Hall–Kier alpha value is -2.10. The van der Waals surface area contributed by atoms with Crippen molar-refractivity contribution in [3.63, 3.8) is 0 Å². The van der Waals surface area contributed by atoms with Crippen molar-refractivity contribution >= 4 is 5.78 Å². The Morgan fingerprint density at radius 1 is 1.00 bits per heavy atom. The minimum Gasteiger partial charge on any atom is -0.294 e. The van der Waals surface area contributed by atoms with Gasteiger partial charge in [-0.25, -0.2) is 0 Å². The van der Waals surface area contributed by atoms with E-state index >= 15 is 0 Å². The van der Waals surface area contributed by atoms with Gasteiger partial charge >= 0.3 is 6.18 Å². The Labute approximate surface area is 127 Å². The molecule has 0 aliphatic rings. The molecule has 0 aromatic heterocycles. The van der Waals surface area contributed by atoms with Gasteiger partial charge in [0, 0.05) is 12.0 Å². The van der Waals surface area contributed by atoms with Crippen LogP contribution < -0.4 is 0 Å². The first-order valence-corrected chi connectivity index (χ1v) is 7.17. The Kier molecular flexibility index (Phi) is 5.01. The monoisotopic (exact) mass is 306 g/mol. The topological polar surface area (TPSA) is 17.1 Å². The van der Waals surface area contributed by atoms with E-state index in [2.05, 4.69) is 0 Å². The van der Waals surface area contributed by atoms with E-state index in [0.717, 1.165) is 24.1 Å². The second kappa shape index (κ2) is 6.77. The van der Waals surface area contributed by atoms with Crippen LogP contribution in [0, 0.1) is 0 Å². The molecule has 0 bridgehead atoms. The van der Waals surface area contributed by atoms with Crippen LogP contribution in [0.2, 0.25) is 0 Å². The van der Waals surface area contributed by atoms with Gasteiger partial charge in [-0.2, -0.15) is 13.2 Å².